The van der Waals surface area contributed by atoms with Crippen LogP contribution in [0.1, 0.15) is 58.6 Å². The number of hydrogen-bond donors (Lipinski definition) is 1. The van der Waals surface area contributed by atoms with Gasteiger partial charge < -0.3 is 10.2 Å². The lowest BCUT2D eigenvalue weighted by Gasteiger charge is -2.32. The highest BCUT2D eigenvalue weighted by Gasteiger charge is 2.29. The van der Waals surface area contributed by atoms with Gasteiger partial charge in [-0.05, 0) is 70.4 Å². The van der Waals surface area contributed by atoms with Gasteiger partial charge in [-0.3, -0.25) is 13.9 Å². The minimum absolute atomic E-state index is 0.0360. The molecule has 2 amide bonds. The molecule has 0 aromatic heterocycles. The van der Waals surface area contributed by atoms with Crippen molar-refractivity contribution < 1.29 is 18.0 Å². The zero-order chi connectivity index (χ0) is 28.0. The lowest BCUT2D eigenvalue weighted by atomic mass is 10.1. The van der Waals surface area contributed by atoms with E-state index in [-0.39, 0.29) is 37.7 Å². The number of nitrogens with zero attached hydrogens (tertiary/aromatic N) is 2. The second-order valence-electron chi connectivity index (χ2n) is 10.1. The Kier molecular flexibility index (Phi) is 10.9. The highest BCUT2D eigenvalue weighted by atomic mass is 35.5. The molecule has 1 atom stereocenters. The first-order valence-electron chi connectivity index (χ1n) is 12.2. The highest BCUT2D eigenvalue weighted by molar-refractivity contribution is 7.92. The molecule has 1 N–H and O–H groups in total. The van der Waals surface area contributed by atoms with E-state index in [0.29, 0.717) is 21.3 Å². The molecule has 0 radical (unpaired) electrons. The van der Waals surface area contributed by atoms with Gasteiger partial charge >= 0.3 is 0 Å². The van der Waals surface area contributed by atoms with Crippen LogP contribution >= 0.6 is 23.2 Å². The van der Waals surface area contributed by atoms with E-state index in [4.69, 9.17) is 23.2 Å². The maximum atomic E-state index is 13.4. The number of hydrogen-bond acceptors (Lipinski definition) is 4. The number of amides is 2. The fraction of sp³-hybridized carbons (Fsp3) is 0.481. The van der Waals surface area contributed by atoms with E-state index in [1.165, 1.54) is 9.21 Å². The van der Waals surface area contributed by atoms with Gasteiger partial charge in [0.05, 0.1) is 11.9 Å². The number of carbonyl (C=O) groups is 2. The van der Waals surface area contributed by atoms with Crippen molar-refractivity contribution in [3.63, 3.8) is 0 Å². The Balaban J connectivity index is 2.24. The number of halogens is 2. The van der Waals surface area contributed by atoms with Crippen LogP contribution in [0.15, 0.2) is 42.5 Å². The molecule has 0 fully saturated rings. The van der Waals surface area contributed by atoms with E-state index < -0.39 is 21.6 Å². The number of carbonyl (C=O) groups excluding carboxylic acids is 2. The fourth-order valence-electron chi connectivity index (χ4n) is 3.81. The zero-order valence-electron chi connectivity index (χ0n) is 22.3. The van der Waals surface area contributed by atoms with Crippen molar-refractivity contribution in [1.29, 1.82) is 0 Å². The van der Waals surface area contributed by atoms with Crippen molar-refractivity contribution in [2.45, 2.75) is 72.0 Å². The fourth-order valence-corrected chi connectivity index (χ4v) is 5.29. The summed E-state index contributed by atoms with van der Waals surface area (Å²) in [6.07, 6.45) is 2.29. The minimum atomic E-state index is -3.56. The van der Waals surface area contributed by atoms with Crippen LogP contribution < -0.4 is 9.62 Å². The van der Waals surface area contributed by atoms with Gasteiger partial charge in [-0.15, -0.1) is 0 Å². The van der Waals surface area contributed by atoms with Gasteiger partial charge in [-0.25, -0.2) is 8.42 Å². The van der Waals surface area contributed by atoms with Crippen LogP contribution in [0.3, 0.4) is 0 Å². The Morgan fingerprint density at radius 2 is 1.59 bits per heavy atom. The number of sulfonamides is 1. The van der Waals surface area contributed by atoms with Crippen LogP contribution in [-0.4, -0.2) is 49.5 Å². The number of aryl methyl sites for hydroxylation is 1. The number of benzene rings is 2. The summed E-state index contributed by atoms with van der Waals surface area (Å²) in [4.78, 5) is 27.8. The van der Waals surface area contributed by atoms with Crippen molar-refractivity contribution in [3.05, 3.63) is 63.6 Å². The second-order valence-corrected chi connectivity index (χ2v) is 12.8. The predicted molar refractivity (Wildman–Crippen MR) is 152 cm³/mol. The lowest BCUT2D eigenvalue weighted by Crippen LogP contribution is -2.52. The van der Waals surface area contributed by atoms with Crippen molar-refractivity contribution in [1.82, 2.24) is 10.2 Å². The summed E-state index contributed by atoms with van der Waals surface area (Å²) in [5.74, 6) is -0.611. The maximum Gasteiger partial charge on any atom is 0.242 e. The van der Waals surface area contributed by atoms with Crippen LogP contribution in [0.4, 0.5) is 5.69 Å². The van der Waals surface area contributed by atoms with E-state index >= 15 is 0 Å². The Morgan fingerprint density at radius 3 is 2.08 bits per heavy atom. The molecule has 0 heterocycles. The summed E-state index contributed by atoms with van der Waals surface area (Å²) in [6, 6.07) is 11.6. The van der Waals surface area contributed by atoms with Gasteiger partial charge in [0.25, 0.3) is 0 Å². The van der Waals surface area contributed by atoms with E-state index in [9.17, 15) is 18.0 Å². The van der Waals surface area contributed by atoms with Crippen LogP contribution in [0.2, 0.25) is 10.0 Å². The zero-order valence-corrected chi connectivity index (χ0v) is 24.7. The summed E-state index contributed by atoms with van der Waals surface area (Å²) >= 11 is 12.7. The molecular weight excluding hydrogens is 533 g/mol. The standard InChI is InChI=1S/C27H37Cl2N3O4S/c1-7-20-13-15-21(16-14-20)32(37(6,35)36)17-9-12-25(33)31(19(2)26(34)30-27(3,4)5)18-22-23(28)10-8-11-24(22)29/h8,10-11,13-16,19H,7,9,12,17-18H2,1-6H3,(H,30,34)/t19-/m0/s1. The molecule has 0 unspecified atom stereocenters. The molecule has 204 valence electrons. The van der Waals surface area contributed by atoms with Gasteiger partial charge in [-0.1, -0.05) is 48.3 Å². The molecule has 0 aliphatic heterocycles. The van der Waals surface area contributed by atoms with Crippen molar-refractivity contribution in [3.8, 4) is 0 Å². The first-order chi connectivity index (χ1) is 17.1. The largest absolute Gasteiger partial charge is 0.350 e. The topological polar surface area (TPSA) is 86.8 Å². The molecule has 2 aromatic carbocycles. The van der Waals surface area contributed by atoms with Gasteiger partial charge in [0.2, 0.25) is 21.8 Å². The highest BCUT2D eigenvalue weighted by Crippen LogP contribution is 2.27. The smallest absolute Gasteiger partial charge is 0.242 e. The molecule has 0 saturated heterocycles. The summed E-state index contributed by atoms with van der Waals surface area (Å²) in [5.41, 5.74) is 1.71. The second kappa shape index (κ2) is 13.0. The molecule has 37 heavy (non-hydrogen) atoms. The first-order valence-corrected chi connectivity index (χ1v) is 14.9. The first kappa shape index (κ1) is 30.9. The molecule has 0 aliphatic carbocycles. The van der Waals surface area contributed by atoms with Gasteiger partial charge in [0, 0.05) is 40.7 Å². The molecule has 2 aromatic rings. The molecule has 0 spiro atoms. The Bertz CT molecular complexity index is 1170. The summed E-state index contributed by atoms with van der Waals surface area (Å²) in [7, 11) is -3.56. The number of rotatable bonds is 11. The van der Waals surface area contributed by atoms with Gasteiger partial charge in [0.1, 0.15) is 6.04 Å². The van der Waals surface area contributed by atoms with Crippen LogP contribution in [0.25, 0.3) is 0 Å². The molecule has 7 nitrogen and oxygen atoms in total. The molecular formula is C27H37Cl2N3O4S. The normalized spacial score (nSPS) is 12.6. The quantitative estimate of drug-likeness (QED) is 0.390. The average Bonchev–Trinajstić information content (AvgIpc) is 2.79. The van der Waals surface area contributed by atoms with Crippen LogP contribution in [0.5, 0.6) is 0 Å². The summed E-state index contributed by atoms with van der Waals surface area (Å²) in [5, 5.41) is 3.70. The van der Waals surface area contributed by atoms with E-state index in [2.05, 4.69) is 5.32 Å². The average molecular weight is 571 g/mol. The lowest BCUT2D eigenvalue weighted by molar-refractivity contribution is -0.141. The van der Waals surface area contributed by atoms with Crippen molar-refractivity contribution in [2.24, 2.45) is 0 Å². The maximum absolute atomic E-state index is 13.4. The molecule has 0 aliphatic rings. The number of anilines is 1. The molecule has 0 bridgehead atoms. The minimum Gasteiger partial charge on any atom is -0.350 e. The van der Waals surface area contributed by atoms with Gasteiger partial charge in [0.15, 0.2) is 0 Å². The van der Waals surface area contributed by atoms with Gasteiger partial charge in [-0.2, -0.15) is 0 Å². The van der Waals surface area contributed by atoms with Crippen molar-refractivity contribution in [2.75, 3.05) is 17.1 Å². The molecule has 10 heteroatoms. The van der Waals surface area contributed by atoms with E-state index in [1.54, 1.807) is 37.3 Å². The van der Waals surface area contributed by atoms with E-state index in [0.717, 1.165) is 18.2 Å². The molecule has 2 rings (SSSR count). The SMILES string of the molecule is CCc1ccc(N(CCCC(=O)N(Cc2c(Cl)cccc2Cl)[C@@H](C)C(=O)NC(C)(C)C)S(C)(=O)=O)cc1. The van der Waals surface area contributed by atoms with Crippen molar-refractivity contribution >= 4 is 50.7 Å². The van der Waals surface area contributed by atoms with Crippen LogP contribution in [-0.2, 0) is 32.6 Å². The third-order valence-corrected chi connectivity index (χ3v) is 7.74. The Labute approximate surface area is 231 Å². The summed E-state index contributed by atoms with van der Waals surface area (Å²) in [6.45, 7) is 9.44. The summed E-state index contributed by atoms with van der Waals surface area (Å²) < 4.78 is 26.3. The van der Waals surface area contributed by atoms with E-state index in [1.807, 2.05) is 39.8 Å². The van der Waals surface area contributed by atoms with Crippen LogP contribution in [0, 0.1) is 0 Å². The Morgan fingerprint density at radius 1 is 1.03 bits per heavy atom. The number of nitrogens with one attached hydrogen (secondary N) is 1. The third-order valence-electron chi connectivity index (χ3n) is 5.84. The Hall–Kier alpha value is -2.29. The third kappa shape index (κ3) is 9.20. The monoisotopic (exact) mass is 569 g/mol. The predicted octanol–water partition coefficient (Wildman–Crippen LogP) is 5.43. The molecule has 0 saturated carbocycles.